The van der Waals surface area contributed by atoms with Crippen molar-refractivity contribution in [3.63, 3.8) is 0 Å². The molecule has 2 aromatic heterocycles. The van der Waals surface area contributed by atoms with Gasteiger partial charge in [-0.05, 0) is 36.2 Å². The van der Waals surface area contributed by atoms with Crippen LogP contribution in [0.2, 0.25) is 5.28 Å². The van der Waals surface area contributed by atoms with Gasteiger partial charge >= 0.3 is 0 Å². The molecule has 0 amide bonds. The molecule has 3 heterocycles. The molecule has 1 fully saturated rings. The number of pyridine rings is 1. The van der Waals surface area contributed by atoms with Crippen molar-refractivity contribution >= 4 is 30.0 Å². The highest BCUT2D eigenvalue weighted by Gasteiger charge is 2.22. The standard InChI is InChI=1S/C15H17ClN4OS/c1-10-9-21-7-6-20(10)13-8-12(18-15(16)19-13)14(22)11-2-4-17-5-3-11/h2-5,8,10,14,22H,6-7,9H2,1H3/t10-,14?/m0/s1. The number of rotatable bonds is 3. The second-order valence-electron chi connectivity index (χ2n) is 5.22. The van der Waals surface area contributed by atoms with Crippen LogP contribution >= 0.6 is 24.2 Å². The van der Waals surface area contributed by atoms with Crippen molar-refractivity contribution < 1.29 is 4.74 Å². The van der Waals surface area contributed by atoms with Gasteiger partial charge in [-0.15, -0.1) is 0 Å². The second-order valence-corrected chi connectivity index (χ2v) is 6.07. The molecule has 2 atom stereocenters. The quantitative estimate of drug-likeness (QED) is 0.690. The van der Waals surface area contributed by atoms with Crippen molar-refractivity contribution in [2.24, 2.45) is 0 Å². The number of ether oxygens (including phenoxy) is 1. The molecule has 116 valence electrons. The first-order chi connectivity index (χ1) is 10.6. The predicted molar refractivity (Wildman–Crippen MR) is 89.7 cm³/mol. The van der Waals surface area contributed by atoms with E-state index in [9.17, 15) is 0 Å². The third-order valence-corrected chi connectivity index (χ3v) is 4.40. The average Bonchev–Trinajstić information content (AvgIpc) is 2.55. The molecule has 0 radical (unpaired) electrons. The summed E-state index contributed by atoms with van der Waals surface area (Å²) >= 11 is 10.8. The van der Waals surface area contributed by atoms with Gasteiger partial charge < -0.3 is 9.64 Å². The number of anilines is 1. The first-order valence-electron chi connectivity index (χ1n) is 7.12. The summed E-state index contributed by atoms with van der Waals surface area (Å²) in [6, 6.07) is 6.05. The minimum Gasteiger partial charge on any atom is -0.377 e. The number of aromatic nitrogens is 3. The molecular formula is C15H17ClN4OS. The highest BCUT2D eigenvalue weighted by molar-refractivity contribution is 7.80. The van der Waals surface area contributed by atoms with Crippen molar-refractivity contribution in [2.45, 2.75) is 18.2 Å². The zero-order chi connectivity index (χ0) is 15.5. The minimum absolute atomic E-state index is 0.168. The highest BCUT2D eigenvalue weighted by Crippen LogP contribution is 2.30. The number of hydrogen-bond acceptors (Lipinski definition) is 6. The topological polar surface area (TPSA) is 51.1 Å². The molecule has 3 rings (SSSR count). The van der Waals surface area contributed by atoms with Crippen molar-refractivity contribution in [2.75, 3.05) is 24.7 Å². The summed E-state index contributed by atoms with van der Waals surface area (Å²) < 4.78 is 5.47. The van der Waals surface area contributed by atoms with Gasteiger partial charge in [0.05, 0.1) is 30.2 Å². The lowest BCUT2D eigenvalue weighted by atomic mass is 10.1. The van der Waals surface area contributed by atoms with Gasteiger partial charge in [0.25, 0.3) is 0 Å². The molecule has 1 aliphatic heterocycles. The van der Waals surface area contributed by atoms with Gasteiger partial charge in [-0.1, -0.05) is 0 Å². The lowest BCUT2D eigenvalue weighted by Crippen LogP contribution is -2.44. The van der Waals surface area contributed by atoms with Crippen LogP contribution in [0.5, 0.6) is 0 Å². The molecule has 0 spiro atoms. The molecule has 1 unspecified atom stereocenters. The van der Waals surface area contributed by atoms with Gasteiger partial charge in [0.1, 0.15) is 5.82 Å². The molecule has 7 heteroatoms. The molecule has 1 saturated heterocycles. The van der Waals surface area contributed by atoms with Crippen LogP contribution in [-0.4, -0.2) is 40.8 Å². The average molecular weight is 337 g/mol. The SMILES string of the molecule is C[C@H]1COCCN1c1cc(C(S)c2ccncc2)nc(Cl)n1. The van der Waals surface area contributed by atoms with Crippen LogP contribution in [0.4, 0.5) is 5.82 Å². The van der Waals surface area contributed by atoms with E-state index in [0.29, 0.717) is 13.2 Å². The summed E-state index contributed by atoms with van der Waals surface area (Å²) in [5.74, 6) is 0.818. The van der Waals surface area contributed by atoms with Crippen LogP contribution in [0.3, 0.4) is 0 Å². The maximum atomic E-state index is 6.12. The Morgan fingerprint density at radius 2 is 2.14 bits per heavy atom. The molecule has 0 N–H and O–H groups in total. The molecule has 0 saturated carbocycles. The van der Waals surface area contributed by atoms with Crippen molar-refractivity contribution in [3.8, 4) is 0 Å². The molecule has 2 aromatic rings. The van der Waals surface area contributed by atoms with Crippen LogP contribution in [0.15, 0.2) is 30.6 Å². The number of hydrogen-bond donors (Lipinski definition) is 1. The number of halogens is 1. The highest BCUT2D eigenvalue weighted by atomic mass is 35.5. The van der Waals surface area contributed by atoms with Crippen LogP contribution in [-0.2, 0) is 4.74 Å². The Kier molecular flexibility index (Phi) is 4.81. The fourth-order valence-electron chi connectivity index (χ4n) is 2.49. The molecule has 0 bridgehead atoms. The molecule has 22 heavy (non-hydrogen) atoms. The van der Waals surface area contributed by atoms with Crippen LogP contribution in [0.25, 0.3) is 0 Å². The van der Waals surface area contributed by atoms with E-state index in [4.69, 9.17) is 16.3 Å². The van der Waals surface area contributed by atoms with E-state index >= 15 is 0 Å². The fraction of sp³-hybridized carbons (Fsp3) is 0.400. The van der Waals surface area contributed by atoms with E-state index in [1.165, 1.54) is 0 Å². The molecule has 5 nitrogen and oxygen atoms in total. The Morgan fingerprint density at radius 3 is 2.86 bits per heavy atom. The van der Waals surface area contributed by atoms with Crippen LogP contribution in [0.1, 0.15) is 23.4 Å². The Hall–Kier alpha value is -1.37. The van der Waals surface area contributed by atoms with E-state index in [0.717, 1.165) is 23.6 Å². The summed E-state index contributed by atoms with van der Waals surface area (Å²) in [5, 5.41) is 0.0675. The zero-order valence-corrected chi connectivity index (χ0v) is 13.8. The minimum atomic E-state index is -0.168. The maximum absolute atomic E-state index is 6.12. The number of morpholine rings is 1. The van der Waals surface area contributed by atoms with Gasteiger partial charge in [-0.2, -0.15) is 12.6 Å². The third kappa shape index (κ3) is 3.34. The summed E-state index contributed by atoms with van der Waals surface area (Å²) in [7, 11) is 0. The van der Waals surface area contributed by atoms with Gasteiger partial charge in [0.15, 0.2) is 0 Å². The Bertz CT molecular complexity index is 643. The lowest BCUT2D eigenvalue weighted by Gasteiger charge is -2.34. The number of thiol groups is 1. The van der Waals surface area contributed by atoms with E-state index in [1.54, 1.807) is 12.4 Å². The lowest BCUT2D eigenvalue weighted by molar-refractivity contribution is 0.0985. The second kappa shape index (κ2) is 6.81. The van der Waals surface area contributed by atoms with Crippen molar-refractivity contribution in [1.82, 2.24) is 15.0 Å². The Morgan fingerprint density at radius 1 is 1.36 bits per heavy atom. The van der Waals surface area contributed by atoms with Crippen LogP contribution < -0.4 is 4.90 Å². The van der Waals surface area contributed by atoms with Crippen molar-refractivity contribution in [3.05, 3.63) is 47.1 Å². The Labute approximate surface area is 140 Å². The maximum Gasteiger partial charge on any atom is 0.224 e. The van der Waals surface area contributed by atoms with Crippen molar-refractivity contribution in [1.29, 1.82) is 0 Å². The third-order valence-electron chi connectivity index (χ3n) is 3.67. The van der Waals surface area contributed by atoms with E-state index in [1.807, 2.05) is 18.2 Å². The predicted octanol–water partition coefficient (Wildman–Crippen LogP) is 2.77. The number of nitrogens with zero attached hydrogens (tertiary/aromatic N) is 4. The van der Waals surface area contributed by atoms with Gasteiger partial charge in [0.2, 0.25) is 5.28 Å². The Balaban J connectivity index is 1.93. The smallest absolute Gasteiger partial charge is 0.224 e. The molecule has 0 aromatic carbocycles. The van der Waals surface area contributed by atoms with E-state index in [2.05, 4.69) is 39.4 Å². The van der Waals surface area contributed by atoms with Gasteiger partial charge in [-0.25, -0.2) is 9.97 Å². The van der Waals surface area contributed by atoms with E-state index < -0.39 is 0 Å². The molecule has 0 aliphatic carbocycles. The first-order valence-corrected chi connectivity index (χ1v) is 8.01. The summed E-state index contributed by atoms with van der Waals surface area (Å²) in [6.45, 7) is 4.28. The van der Waals surface area contributed by atoms with Crippen LogP contribution in [0, 0.1) is 0 Å². The van der Waals surface area contributed by atoms with Gasteiger partial charge in [-0.3, -0.25) is 4.98 Å². The van der Waals surface area contributed by atoms with E-state index in [-0.39, 0.29) is 16.6 Å². The summed E-state index contributed by atoms with van der Waals surface area (Å²) in [4.78, 5) is 14.9. The molecule has 1 aliphatic rings. The summed E-state index contributed by atoms with van der Waals surface area (Å²) in [6.07, 6.45) is 3.48. The largest absolute Gasteiger partial charge is 0.377 e. The summed E-state index contributed by atoms with van der Waals surface area (Å²) in [5.41, 5.74) is 1.80. The zero-order valence-electron chi connectivity index (χ0n) is 12.2. The normalized spacial score (nSPS) is 20.0. The monoisotopic (exact) mass is 336 g/mol. The molecular weight excluding hydrogens is 320 g/mol. The fourth-order valence-corrected chi connectivity index (χ4v) is 2.98. The van der Waals surface area contributed by atoms with Gasteiger partial charge in [0, 0.05) is 25.0 Å². The first kappa shape index (κ1) is 15.5.